The van der Waals surface area contributed by atoms with E-state index in [4.69, 9.17) is 21.4 Å². The molecule has 0 radical (unpaired) electrons. The third-order valence-corrected chi connectivity index (χ3v) is 8.23. The van der Waals surface area contributed by atoms with Crippen LogP contribution in [0.5, 0.6) is 5.75 Å². The Balaban J connectivity index is 1.52. The molecule has 0 saturated heterocycles. The van der Waals surface area contributed by atoms with E-state index in [0.29, 0.717) is 22.0 Å². The van der Waals surface area contributed by atoms with E-state index >= 15 is 0 Å². The number of carbonyl (C=O) groups excluding carboxylic acids is 2. The minimum absolute atomic E-state index is 0.0249. The molecular formula is C29H21ClN2O7S. The van der Waals surface area contributed by atoms with E-state index in [0.717, 1.165) is 0 Å². The van der Waals surface area contributed by atoms with Crippen molar-refractivity contribution < 1.29 is 32.6 Å². The number of anilines is 2. The zero-order valence-electron chi connectivity index (χ0n) is 20.7. The summed E-state index contributed by atoms with van der Waals surface area (Å²) in [5.74, 6) is -1.89. The number of ether oxygens (including phenoxy) is 1. The molecule has 4 aromatic rings. The van der Waals surface area contributed by atoms with Crippen molar-refractivity contribution in [3.63, 3.8) is 0 Å². The molecule has 2 amide bonds. The number of hydrogen-bond donors (Lipinski definition) is 2. The molecule has 40 heavy (non-hydrogen) atoms. The monoisotopic (exact) mass is 576 g/mol. The number of fused-ring (bicyclic) bond motifs is 2. The summed E-state index contributed by atoms with van der Waals surface area (Å²) in [5, 5.41) is 11.9. The van der Waals surface area contributed by atoms with Gasteiger partial charge in [0.2, 0.25) is 9.84 Å². The van der Waals surface area contributed by atoms with Gasteiger partial charge in [0, 0.05) is 16.3 Å². The van der Waals surface area contributed by atoms with Crippen molar-refractivity contribution in [3.05, 3.63) is 113 Å². The second-order valence-electron chi connectivity index (χ2n) is 8.86. The van der Waals surface area contributed by atoms with Crippen LogP contribution in [0, 0.1) is 0 Å². The van der Waals surface area contributed by atoms with E-state index in [9.17, 15) is 22.8 Å². The van der Waals surface area contributed by atoms with E-state index in [1.807, 2.05) is 0 Å². The van der Waals surface area contributed by atoms with Crippen molar-refractivity contribution in [2.45, 2.75) is 16.3 Å². The fourth-order valence-electron chi connectivity index (χ4n) is 4.30. The Labute approximate surface area is 234 Å². The summed E-state index contributed by atoms with van der Waals surface area (Å²) in [7, 11) is -4.19. The quantitative estimate of drug-likeness (QED) is 0.315. The lowest BCUT2D eigenvalue weighted by atomic mass is 10.1. The number of carboxylic acids is 1. The van der Waals surface area contributed by atoms with Gasteiger partial charge < -0.3 is 20.1 Å². The van der Waals surface area contributed by atoms with Gasteiger partial charge in [0.15, 0.2) is 6.61 Å². The van der Waals surface area contributed by atoms with Crippen LogP contribution in [0.4, 0.5) is 11.4 Å². The van der Waals surface area contributed by atoms with Gasteiger partial charge in [0.1, 0.15) is 5.75 Å². The third kappa shape index (κ3) is 5.40. The normalized spacial score (nSPS) is 13.5. The van der Waals surface area contributed by atoms with Gasteiger partial charge in [-0.25, -0.2) is 13.2 Å². The lowest BCUT2D eigenvalue weighted by Gasteiger charge is -2.23. The smallest absolute Gasteiger partial charge is 0.341 e. The Kier molecular flexibility index (Phi) is 7.29. The summed E-state index contributed by atoms with van der Waals surface area (Å²) in [4.78, 5) is 38.5. The Bertz CT molecular complexity index is 1750. The fourth-order valence-corrected chi connectivity index (χ4v) is 6.19. The van der Waals surface area contributed by atoms with Crippen molar-refractivity contribution in [1.82, 2.24) is 0 Å². The van der Waals surface area contributed by atoms with Gasteiger partial charge in [-0.3, -0.25) is 9.59 Å². The maximum absolute atomic E-state index is 13.8. The molecule has 1 heterocycles. The van der Waals surface area contributed by atoms with Crippen LogP contribution in [0.15, 0.2) is 101 Å². The first kappa shape index (κ1) is 26.9. The van der Waals surface area contributed by atoms with E-state index in [2.05, 4.69) is 5.32 Å². The molecule has 11 heteroatoms. The Morgan fingerprint density at radius 1 is 0.900 bits per heavy atom. The van der Waals surface area contributed by atoms with Crippen LogP contribution in [-0.4, -0.2) is 37.9 Å². The number of carboxylic acid groups (broad SMARTS) is 1. The van der Waals surface area contributed by atoms with Gasteiger partial charge in [0.25, 0.3) is 11.8 Å². The highest BCUT2D eigenvalue weighted by molar-refractivity contribution is 7.91. The van der Waals surface area contributed by atoms with Gasteiger partial charge in [0.05, 0.1) is 27.6 Å². The van der Waals surface area contributed by atoms with Gasteiger partial charge >= 0.3 is 5.97 Å². The van der Waals surface area contributed by atoms with E-state index in [-0.39, 0.29) is 33.2 Å². The molecule has 4 aromatic carbocycles. The first-order valence-corrected chi connectivity index (χ1v) is 13.8. The number of rotatable bonds is 7. The number of carbonyl (C=O) groups is 3. The predicted octanol–water partition coefficient (Wildman–Crippen LogP) is 5.05. The Morgan fingerprint density at radius 3 is 2.38 bits per heavy atom. The fraction of sp³-hybridized carbons (Fsp3) is 0.0690. The number of halogens is 1. The number of aliphatic carboxylic acids is 1. The van der Waals surface area contributed by atoms with E-state index in [1.54, 1.807) is 30.3 Å². The van der Waals surface area contributed by atoms with Gasteiger partial charge in [-0.2, -0.15) is 0 Å². The van der Waals surface area contributed by atoms with Crippen molar-refractivity contribution in [3.8, 4) is 5.75 Å². The molecule has 0 saturated carbocycles. The molecule has 0 aliphatic carbocycles. The number of sulfone groups is 1. The summed E-state index contributed by atoms with van der Waals surface area (Å²) in [5.41, 5.74) is 1.30. The molecule has 1 aliphatic rings. The van der Waals surface area contributed by atoms with E-state index < -0.39 is 34.2 Å². The maximum atomic E-state index is 13.8. The number of nitrogens with zero attached hydrogens (tertiary/aromatic N) is 1. The van der Waals surface area contributed by atoms with Crippen molar-refractivity contribution >= 4 is 50.6 Å². The number of amides is 2. The summed E-state index contributed by atoms with van der Waals surface area (Å²) in [6.45, 7) is -0.451. The third-order valence-electron chi connectivity index (χ3n) is 6.16. The minimum atomic E-state index is -4.19. The average molecular weight is 577 g/mol. The topological polar surface area (TPSA) is 130 Å². The SMILES string of the molecule is O=C(O)COc1ccc(NC(=O)c2ccc3c(c2)S(=O)(=O)c2ccccc2C(=O)N3Cc2cccc(Cl)c2)cc1. The lowest BCUT2D eigenvalue weighted by Crippen LogP contribution is -2.30. The molecule has 0 spiro atoms. The molecule has 5 rings (SSSR count). The lowest BCUT2D eigenvalue weighted by molar-refractivity contribution is -0.139. The van der Waals surface area contributed by atoms with E-state index in [1.165, 1.54) is 65.6 Å². The molecule has 0 bridgehead atoms. The highest BCUT2D eigenvalue weighted by Crippen LogP contribution is 2.38. The van der Waals surface area contributed by atoms with Crippen LogP contribution in [0.25, 0.3) is 0 Å². The molecule has 0 atom stereocenters. The van der Waals surface area contributed by atoms with Crippen LogP contribution in [0.1, 0.15) is 26.3 Å². The number of benzene rings is 4. The van der Waals surface area contributed by atoms with Crippen LogP contribution in [0.3, 0.4) is 0 Å². The Hall–Kier alpha value is -4.67. The van der Waals surface area contributed by atoms with Crippen LogP contribution in [0.2, 0.25) is 5.02 Å². The van der Waals surface area contributed by atoms with Crippen molar-refractivity contribution in [2.75, 3.05) is 16.8 Å². The van der Waals surface area contributed by atoms with Crippen molar-refractivity contribution in [2.24, 2.45) is 0 Å². The number of nitrogens with one attached hydrogen (secondary N) is 1. The van der Waals surface area contributed by atoms with Crippen LogP contribution in [-0.2, 0) is 21.2 Å². The number of hydrogen-bond acceptors (Lipinski definition) is 6. The first-order chi connectivity index (χ1) is 19.1. The minimum Gasteiger partial charge on any atom is -0.482 e. The second-order valence-corrected chi connectivity index (χ2v) is 11.2. The van der Waals surface area contributed by atoms with Gasteiger partial charge in [-0.05, 0) is 72.3 Å². The van der Waals surface area contributed by atoms with Gasteiger partial charge in [-0.15, -0.1) is 0 Å². The molecule has 2 N–H and O–H groups in total. The molecule has 202 valence electrons. The average Bonchev–Trinajstić information content (AvgIpc) is 3.00. The standard InChI is InChI=1S/C29H21ClN2O7S/c30-20-5-3-4-18(14-20)16-32-24-13-8-19(28(35)31-21-9-11-22(12-10-21)39-17-27(33)34)15-26(24)40(37,38)25-7-2-1-6-23(25)29(32)36/h1-15H,16-17H2,(H,31,35)(H,33,34). The maximum Gasteiger partial charge on any atom is 0.341 e. The zero-order chi connectivity index (χ0) is 28.4. The van der Waals surface area contributed by atoms with Crippen LogP contribution < -0.4 is 15.0 Å². The first-order valence-electron chi connectivity index (χ1n) is 11.9. The van der Waals surface area contributed by atoms with Crippen LogP contribution >= 0.6 is 11.6 Å². The molecule has 9 nitrogen and oxygen atoms in total. The molecular weight excluding hydrogens is 556 g/mol. The summed E-state index contributed by atoms with van der Waals surface area (Å²) in [6.07, 6.45) is 0. The zero-order valence-corrected chi connectivity index (χ0v) is 22.3. The summed E-state index contributed by atoms with van der Waals surface area (Å²) >= 11 is 6.14. The van der Waals surface area contributed by atoms with Gasteiger partial charge in [-0.1, -0.05) is 35.9 Å². The highest BCUT2D eigenvalue weighted by Gasteiger charge is 2.36. The molecule has 0 aromatic heterocycles. The largest absolute Gasteiger partial charge is 0.482 e. The summed E-state index contributed by atoms with van der Waals surface area (Å²) < 4.78 is 32.7. The molecule has 0 unspecified atom stereocenters. The van der Waals surface area contributed by atoms with Crippen molar-refractivity contribution in [1.29, 1.82) is 0 Å². The molecule has 0 fully saturated rings. The second kappa shape index (κ2) is 10.8. The Morgan fingerprint density at radius 2 is 1.65 bits per heavy atom. The predicted molar refractivity (Wildman–Crippen MR) is 148 cm³/mol. The molecule has 1 aliphatic heterocycles. The highest BCUT2D eigenvalue weighted by atomic mass is 35.5. The summed E-state index contributed by atoms with van der Waals surface area (Å²) in [6, 6.07) is 23.1.